The van der Waals surface area contributed by atoms with Crippen molar-refractivity contribution in [1.82, 2.24) is 16.0 Å². The van der Waals surface area contributed by atoms with Gasteiger partial charge in [0.2, 0.25) is 0 Å². The summed E-state index contributed by atoms with van der Waals surface area (Å²) in [7, 11) is 4.84. The molecule has 10 nitrogen and oxygen atoms in total. The van der Waals surface area contributed by atoms with Crippen LogP contribution in [0.2, 0.25) is 0 Å². The Morgan fingerprint density at radius 2 is 1.58 bits per heavy atom. The zero-order chi connectivity index (χ0) is 19.8. The second-order valence-electron chi connectivity index (χ2n) is 5.21. The van der Waals surface area contributed by atoms with Gasteiger partial charge in [0.25, 0.3) is 0 Å². The average Bonchev–Trinajstić information content (AvgIpc) is 2.48. The minimum atomic E-state index is -0.833. The van der Waals surface area contributed by atoms with E-state index in [1.807, 2.05) is 0 Å². The third kappa shape index (κ3) is 18.3. The number of nitrogens with two attached hydrogens (primary N) is 1. The molecule has 0 unspecified atom stereocenters. The molecule has 0 spiro atoms. The van der Waals surface area contributed by atoms with Crippen LogP contribution in [0, 0.1) is 0 Å². The highest BCUT2D eigenvalue weighted by molar-refractivity contribution is 5.77. The van der Waals surface area contributed by atoms with Gasteiger partial charge < -0.3 is 37.0 Å². The average molecular weight is 352 g/mol. The first-order chi connectivity index (χ1) is 11.0. The lowest BCUT2D eigenvalue weighted by atomic mass is 10.1. The van der Waals surface area contributed by atoms with E-state index in [9.17, 15) is 14.4 Å². The predicted molar refractivity (Wildman–Crippen MR) is 91.1 cm³/mol. The highest BCUT2D eigenvalue weighted by Gasteiger charge is 2.23. The van der Waals surface area contributed by atoms with Gasteiger partial charge in [-0.05, 0) is 54.4 Å². The molecule has 0 aromatic heterocycles. The molecule has 0 amide bonds. The van der Waals surface area contributed by atoms with Crippen molar-refractivity contribution < 1.29 is 29.7 Å². The molecule has 0 rings (SSSR count). The Morgan fingerprint density at radius 3 is 1.71 bits per heavy atom. The van der Waals surface area contributed by atoms with Crippen LogP contribution in [-0.4, -0.2) is 79.0 Å². The lowest BCUT2D eigenvalue weighted by Crippen LogP contribution is -2.44. The Kier molecular flexibility index (Phi) is 18.2. The molecule has 0 saturated carbocycles. The molecular formula is C14H32N4O6. The van der Waals surface area contributed by atoms with Crippen molar-refractivity contribution in [3.05, 3.63) is 0 Å². The largest absolute Gasteiger partial charge is 0.480 e. The molecule has 0 saturated heterocycles. The quantitative estimate of drug-likeness (QED) is 0.266. The summed E-state index contributed by atoms with van der Waals surface area (Å²) in [4.78, 5) is 30.1. The van der Waals surface area contributed by atoms with Gasteiger partial charge >= 0.3 is 17.9 Å². The van der Waals surface area contributed by atoms with E-state index in [4.69, 9.17) is 21.1 Å². The Balaban J connectivity index is -0.000000285. The second kappa shape index (κ2) is 16.1. The zero-order valence-corrected chi connectivity index (χ0v) is 15.0. The second-order valence-corrected chi connectivity index (χ2v) is 5.21. The van der Waals surface area contributed by atoms with Crippen molar-refractivity contribution in [1.29, 1.82) is 0 Å². The van der Waals surface area contributed by atoms with Gasteiger partial charge in [-0.3, -0.25) is 14.4 Å². The summed E-state index contributed by atoms with van der Waals surface area (Å²) in [6.45, 7) is 3.80. The lowest BCUT2D eigenvalue weighted by Gasteiger charge is -2.16. The molecular weight excluding hydrogens is 320 g/mol. The number of hydrogen-bond donors (Lipinski definition) is 7. The van der Waals surface area contributed by atoms with E-state index in [0.29, 0.717) is 13.0 Å². The Bertz CT molecular complexity index is 363. The van der Waals surface area contributed by atoms with Crippen LogP contribution in [0.25, 0.3) is 0 Å². The SMILES string of the molecule is CNC(C)(C)C(=O)O.CNCC(=O)O.CN[C@H](CCCN)C(=O)O. The molecule has 0 heterocycles. The summed E-state index contributed by atoms with van der Waals surface area (Å²) >= 11 is 0. The molecule has 0 aliphatic rings. The normalized spacial score (nSPS) is 11.2. The molecule has 0 aromatic carbocycles. The monoisotopic (exact) mass is 352 g/mol. The number of carboxylic acid groups (broad SMARTS) is 3. The van der Waals surface area contributed by atoms with Crippen LogP contribution in [0.15, 0.2) is 0 Å². The van der Waals surface area contributed by atoms with Crippen molar-refractivity contribution >= 4 is 17.9 Å². The number of likely N-dealkylation sites (N-methyl/N-ethyl adjacent to an activating group) is 3. The van der Waals surface area contributed by atoms with Crippen LogP contribution in [0.3, 0.4) is 0 Å². The van der Waals surface area contributed by atoms with Crippen molar-refractivity contribution in [2.75, 3.05) is 34.2 Å². The zero-order valence-electron chi connectivity index (χ0n) is 15.0. The number of carboxylic acids is 3. The first-order valence-electron chi connectivity index (χ1n) is 7.38. The summed E-state index contributed by atoms with van der Waals surface area (Å²) in [6.07, 6.45) is 1.35. The number of rotatable bonds is 9. The molecule has 144 valence electrons. The van der Waals surface area contributed by atoms with E-state index in [2.05, 4.69) is 16.0 Å². The highest BCUT2D eigenvalue weighted by atomic mass is 16.4. The van der Waals surface area contributed by atoms with E-state index in [0.717, 1.165) is 6.42 Å². The Labute approximate surface area is 142 Å². The lowest BCUT2D eigenvalue weighted by molar-refractivity contribution is -0.143. The first-order valence-corrected chi connectivity index (χ1v) is 7.38. The van der Waals surface area contributed by atoms with Crippen molar-refractivity contribution in [3.8, 4) is 0 Å². The number of hydrogen-bond acceptors (Lipinski definition) is 7. The molecule has 8 N–H and O–H groups in total. The van der Waals surface area contributed by atoms with Crippen LogP contribution < -0.4 is 21.7 Å². The van der Waals surface area contributed by atoms with Crippen LogP contribution in [0.1, 0.15) is 26.7 Å². The summed E-state index contributed by atoms with van der Waals surface area (Å²) in [5, 5.41) is 32.5. The summed E-state index contributed by atoms with van der Waals surface area (Å²) < 4.78 is 0. The van der Waals surface area contributed by atoms with Gasteiger partial charge in [0.15, 0.2) is 0 Å². The number of aliphatic carboxylic acids is 3. The minimum Gasteiger partial charge on any atom is -0.480 e. The van der Waals surface area contributed by atoms with Crippen LogP contribution in [-0.2, 0) is 14.4 Å². The molecule has 0 aromatic rings. The fraction of sp³-hybridized carbons (Fsp3) is 0.786. The highest BCUT2D eigenvalue weighted by Crippen LogP contribution is 1.98. The van der Waals surface area contributed by atoms with Gasteiger partial charge in [0.05, 0.1) is 6.54 Å². The fourth-order valence-electron chi connectivity index (χ4n) is 0.971. The maximum atomic E-state index is 10.3. The Morgan fingerprint density at radius 1 is 1.08 bits per heavy atom. The van der Waals surface area contributed by atoms with Crippen LogP contribution >= 0.6 is 0 Å². The van der Waals surface area contributed by atoms with E-state index < -0.39 is 29.5 Å². The summed E-state index contributed by atoms with van der Waals surface area (Å²) in [6, 6.07) is -0.441. The molecule has 0 radical (unpaired) electrons. The third-order valence-corrected chi connectivity index (χ3v) is 2.83. The van der Waals surface area contributed by atoms with E-state index in [-0.39, 0.29) is 6.54 Å². The first kappa shape index (κ1) is 27.1. The van der Waals surface area contributed by atoms with Crippen LogP contribution in [0.4, 0.5) is 0 Å². The maximum Gasteiger partial charge on any atom is 0.323 e. The predicted octanol–water partition coefficient (Wildman–Crippen LogP) is -1.24. The number of nitrogens with one attached hydrogen (secondary N) is 3. The Hall–Kier alpha value is -1.75. The van der Waals surface area contributed by atoms with Crippen molar-refractivity contribution in [2.24, 2.45) is 5.73 Å². The topological polar surface area (TPSA) is 174 Å². The fourth-order valence-corrected chi connectivity index (χ4v) is 0.971. The molecule has 24 heavy (non-hydrogen) atoms. The molecule has 0 aliphatic carbocycles. The molecule has 10 heteroatoms. The summed E-state index contributed by atoms with van der Waals surface area (Å²) in [5.41, 5.74) is 4.42. The molecule has 0 aliphatic heterocycles. The molecule has 0 fully saturated rings. The van der Waals surface area contributed by atoms with Gasteiger partial charge in [0.1, 0.15) is 11.6 Å². The van der Waals surface area contributed by atoms with Crippen molar-refractivity contribution in [3.63, 3.8) is 0 Å². The minimum absolute atomic E-state index is 0.0417. The van der Waals surface area contributed by atoms with Crippen LogP contribution in [0.5, 0.6) is 0 Å². The van der Waals surface area contributed by atoms with E-state index in [1.165, 1.54) is 0 Å². The van der Waals surface area contributed by atoms with Gasteiger partial charge in [-0.2, -0.15) is 0 Å². The van der Waals surface area contributed by atoms with E-state index in [1.54, 1.807) is 35.0 Å². The van der Waals surface area contributed by atoms with Gasteiger partial charge in [0, 0.05) is 0 Å². The van der Waals surface area contributed by atoms with Gasteiger partial charge in [-0.25, -0.2) is 0 Å². The van der Waals surface area contributed by atoms with Crippen molar-refractivity contribution in [2.45, 2.75) is 38.3 Å². The smallest absolute Gasteiger partial charge is 0.323 e. The van der Waals surface area contributed by atoms with Gasteiger partial charge in [-0.1, -0.05) is 0 Å². The summed E-state index contributed by atoms with van der Waals surface area (Å²) in [5.74, 6) is -2.46. The van der Waals surface area contributed by atoms with Gasteiger partial charge in [-0.15, -0.1) is 0 Å². The standard InChI is InChI=1S/C6H14N2O2.C5H11NO2.C3H7NO2/c1-8-5(6(9)10)3-2-4-7;1-5(2,6-3)4(7)8;1-4-2-3(5)6/h5,8H,2-4,7H2,1H3,(H,9,10);6H,1-3H3,(H,7,8);4H,2H2,1H3,(H,5,6)/t5-;;/m1../s1. The molecule has 1 atom stereocenters. The number of carbonyl (C=O) groups is 3. The van der Waals surface area contributed by atoms with E-state index >= 15 is 0 Å². The third-order valence-electron chi connectivity index (χ3n) is 2.83. The molecule has 0 bridgehead atoms. The maximum absolute atomic E-state index is 10.3.